The Labute approximate surface area is 174 Å². The Hall–Kier alpha value is -3.11. The van der Waals surface area contributed by atoms with Gasteiger partial charge in [-0.2, -0.15) is 0 Å². The monoisotopic (exact) mass is 434 g/mol. The maximum Gasteiger partial charge on any atom is 0.338 e. The van der Waals surface area contributed by atoms with Crippen LogP contribution in [0.4, 0.5) is 0 Å². The number of fused-ring (bicyclic) bond motifs is 1. The van der Waals surface area contributed by atoms with E-state index in [1.54, 1.807) is 25.1 Å². The highest BCUT2D eigenvalue weighted by molar-refractivity contribution is 7.89. The number of carbonyl (C=O) groups excluding carboxylic acids is 2. The van der Waals surface area contributed by atoms with E-state index in [1.165, 1.54) is 31.2 Å². The van der Waals surface area contributed by atoms with E-state index >= 15 is 0 Å². The molecule has 0 saturated carbocycles. The molecule has 10 heteroatoms. The van der Waals surface area contributed by atoms with Gasteiger partial charge in [-0.3, -0.25) is 4.79 Å². The summed E-state index contributed by atoms with van der Waals surface area (Å²) in [5.74, 6) is -0.0360. The lowest BCUT2D eigenvalue weighted by Gasteiger charge is -2.14. The molecule has 2 N–H and O–H groups in total. The van der Waals surface area contributed by atoms with Crippen molar-refractivity contribution in [2.24, 2.45) is 0 Å². The number of esters is 1. The van der Waals surface area contributed by atoms with Gasteiger partial charge in [0, 0.05) is 13.1 Å². The van der Waals surface area contributed by atoms with Gasteiger partial charge in [-0.1, -0.05) is 19.1 Å². The van der Waals surface area contributed by atoms with Crippen molar-refractivity contribution in [1.82, 2.24) is 10.0 Å². The predicted octanol–water partition coefficient (Wildman–Crippen LogP) is 1.58. The second kappa shape index (κ2) is 9.14. The topological polar surface area (TPSA) is 120 Å². The highest BCUT2D eigenvalue weighted by Crippen LogP contribution is 2.32. The van der Waals surface area contributed by atoms with Crippen LogP contribution in [0.15, 0.2) is 47.4 Å². The van der Waals surface area contributed by atoms with Crippen LogP contribution in [0.3, 0.4) is 0 Å². The van der Waals surface area contributed by atoms with Crippen LogP contribution < -0.4 is 19.5 Å². The molecule has 3 rings (SSSR count). The van der Waals surface area contributed by atoms with Crippen LogP contribution in [0, 0.1) is 0 Å². The van der Waals surface area contributed by atoms with Gasteiger partial charge in [0.25, 0.3) is 5.91 Å². The standard InChI is InChI=1S/C20H22N2O7S/c1-3-22-30(25,26)16-6-4-5-15(10-16)20(24)29-13(2)19(23)21-11-14-7-8-17-18(9-14)28-12-27-17/h4-10,13,22H,3,11-12H2,1-2H3,(H,21,23). The van der Waals surface area contributed by atoms with Gasteiger partial charge in [0.1, 0.15) is 0 Å². The first-order valence-electron chi connectivity index (χ1n) is 9.27. The zero-order chi connectivity index (χ0) is 21.7. The van der Waals surface area contributed by atoms with Gasteiger partial charge in [-0.25, -0.2) is 17.9 Å². The molecule has 160 valence electrons. The third kappa shape index (κ3) is 5.08. The quantitative estimate of drug-likeness (QED) is 0.605. The smallest absolute Gasteiger partial charge is 0.338 e. The lowest BCUT2D eigenvalue weighted by atomic mass is 10.2. The lowest BCUT2D eigenvalue weighted by molar-refractivity contribution is -0.129. The van der Waals surface area contributed by atoms with Crippen molar-refractivity contribution in [3.05, 3.63) is 53.6 Å². The van der Waals surface area contributed by atoms with Gasteiger partial charge in [0.15, 0.2) is 17.6 Å². The molecule has 0 aliphatic carbocycles. The van der Waals surface area contributed by atoms with Crippen LogP contribution in [0.25, 0.3) is 0 Å². The summed E-state index contributed by atoms with van der Waals surface area (Å²) in [7, 11) is -3.71. The Bertz CT molecular complexity index is 1050. The average Bonchev–Trinajstić information content (AvgIpc) is 3.19. The number of benzene rings is 2. The zero-order valence-electron chi connectivity index (χ0n) is 16.5. The van der Waals surface area contributed by atoms with E-state index in [9.17, 15) is 18.0 Å². The summed E-state index contributed by atoms with van der Waals surface area (Å²) in [6.07, 6.45) is -1.07. The van der Waals surface area contributed by atoms with Crippen molar-refractivity contribution < 1.29 is 32.2 Å². The minimum Gasteiger partial charge on any atom is -0.454 e. The van der Waals surface area contributed by atoms with Crippen molar-refractivity contribution in [2.75, 3.05) is 13.3 Å². The van der Waals surface area contributed by atoms with Crippen molar-refractivity contribution in [3.63, 3.8) is 0 Å². The van der Waals surface area contributed by atoms with Crippen LogP contribution in [0.1, 0.15) is 29.8 Å². The van der Waals surface area contributed by atoms with Crippen molar-refractivity contribution in [3.8, 4) is 11.5 Å². The highest BCUT2D eigenvalue weighted by atomic mass is 32.2. The molecular formula is C20H22N2O7S. The first-order chi connectivity index (χ1) is 14.3. The number of rotatable bonds is 8. The Balaban J connectivity index is 1.58. The summed E-state index contributed by atoms with van der Waals surface area (Å²) in [6, 6.07) is 10.7. The van der Waals surface area contributed by atoms with Gasteiger partial charge in [-0.15, -0.1) is 0 Å². The molecular weight excluding hydrogens is 412 g/mol. The van der Waals surface area contributed by atoms with Crippen LogP contribution in [-0.4, -0.2) is 39.7 Å². The molecule has 9 nitrogen and oxygen atoms in total. The molecule has 1 atom stereocenters. The average molecular weight is 434 g/mol. The number of hydrogen-bond acceptors (Lipinski definition) is 7. The molecule has 0 saturated heterocycles. The fraction of sp³-hybridized carbons (Fsp3) is 0.300. The molecule has 2 aromatic carbocycles. The van der Waals surface area contributed by atoms with E-state index in [2.05, 4.69) is 10.0 Å². The van der Waals surface area contributed by atoms with Gasteiger partial charge < -0.3 is 19.5 Å². The van der Waals surface area contributed by atoms with E-state index in [0.29, 0.717) is 11.5 Å². The Morgan fingerprint density at radius 2 is 1.90 bits per heavy atom. The molecule has 0 fully saturated rings. The van der Waals surface area contributed by atoms with Crippen molar-refractivity contribution in [2.45, 2.75) is 31.4 Å². The van der Waals surface area contributed by atoms with Gasteiger partial charge in [0.2, 0.25) is 16.8 Å². The highest BCUT2D eigenvalue weighted by Gasteiger charge is 2.21. The molecule has 0 radical (unpaired) electrons. The van der Waals surface area contributed by atoms with Crippen molar-refractivity contribution in [1.29, 1.82) is 0 Å². The van der Waals surface area contributed by atoms with E-state index in [4.69, 9.17) is 14.2 Å². The molecule has 0 spiro atoms. The minimum absolute atomic E-state index is 0.0319. The minimum atomic E-state index is -3.71. The SMILES string of the molecule is CCNS(=O)(=O)c1cccc(C(=O)OC(C)C(=O)NCc2ccc3c(c2)OCO3)c1. The van der Waals surface area contributed by atoms with Crippen LogP contribution in [-0.2, 0) is 26.1 Å². The number of sulfonamides is 1. The van der Waals surface area contributed by atoms with Gasteiger partial charge >= 0.3 is 5.97 Å². The molecule has 2 aromatic rings. The van der Waals surface area contributed by atoms with Crippen molar-refractivity contribution >= 4 is 21.9 Å². The molecule has 1 aliphatic heterocycles. The second-order valence-corrected chi connectivity index (χ2v) is 8.25. The van der Waals surface area contributed by atoms with Gasteiger partial charge in [0.05, 0.1) is 10.5 Å². The van der Waals surface area contributed by atoms with E-state index in [1.807, 2.05) is 0 Å². The fourth-order valence-electron chi connectivity index (χ4n) is 2.73. The van der Waals surface area contributed by atoms with E-state index in [-0.39, 0.29) is 30.3 Å². The van der Waals surface area contributed by atoms with E-state index < -0.39 is 28.0 Å². The van der Waals surface area contributed by atoms with Crippen LogP contribution in [0.5, 0.6) is 11.5 Å². The number of hydrogen-bond donors (Lipinski definition) is 2. The lowest BCUT2D eigenvalue weighted by Crippen LogP contribution is -2.35. The Morgan fingerprint density at radius 1 is 1.13 bits per heavy atom. The first kappa shape index (κ1) is 21.6. The van der Waals surface area contributed by atoms with Crippen LogP contribution >= 0.6 is 0 Å². The second-order valence-electron chi connectivity index (χ2n) is 6.48. The number of amides is 1. The molecule has 30 heavy (non-hydrogen) atoms. The summed E-state index contributed by atoms with van der Waals surface area (Å²) in [4.78, 5) is 24.6. The largest absolute Gasteiger partial charge is 0.454 e. The summed E-state index contributed by atoms with van der Waals surface area (Å²) >= 11 is 0. The first-order valence-corrected chi connectivity index (χ1v) is 10.8. The Morgan fingerprint density at radius 3 is 2.67 bits per heavy atom. The molecule has 1 aliphatic rings. The molecule has 0 aromatic heterocycles. The summed E-state index contributed by atoms with van der Waals surface area (Å²) in [5.41, 5.74) is 0.830. The van der Waals surface area contributed by atoms with Crippen LogP contribution in [0.2, 0.25) is 0 Å². The zero-order valence-corrected chi connectivity index (χ0v) is 17.3. The maximum atomic E-state index is 12.4. The summed E-state index contributed by atoms with van der Waals surface area (Å²) < 4.78 is 42.2. The molecule has 0 bridgehead atoms. The molecule has 1 amide bonds. The fourth-order valence-corrected chi connectivity index (χ4v) is 3.82. The maximum absolute atomic E-state index is 12.4. The van der Waals surface area contributed by atoms with E-state index in [0.717, 1.165) is 5.56 Å². The third-order valence-corrected chi connectivity index (χ3v) is 5.81. The summed E-state index contributed by atoms with van der Waals surface area (Å²) in [5, 5.41) is 2.68. The predicted molar refractivity (Wildman–Crippen MR) is 107 cm³/mol. The van der Waals surface area contributed by atoms with Gasteiger partial charge in [-0.05, 0) is 42.8 Å². The number of carbonyl (C=O) groups is 2. The third-order valence-electron chi connectivity index (χ3n) is 4.27. The Kier molecular flexibility index (Phi) is 6.58. The molecule has 1 heterocycles. The number of ether oxygens (including phenoxy) is 3. The normalized spacial score (nSPS) is 13.5. The number of nitrogens with one attached hydrogen (secondary N) is 2. The molecule has 1 unspecified atom stereocenters. The summed E-state index contributed by atoms with van der Waals surface area (Å²) in [6.45, 7) is 3.69.